The van der Waals surface area contributed by atoms with Crippen molar-refractivity contribution in [2.45, 2.75) is 13.0 Å². The van der Waals surface area contributed by atoms with Gasteiger partial charge in [-0.25, -0.2) is 4.79 Å². The molecule has 0 bridgehead atoms. The van der Waals surface area contributed by atoms with Gasteiger partial charge in [0.05, 0.1) is 6.04 Å². The highest BCUT2D eigenvalue weighted by Crippen LogP contribution is 2.26. The number of para-hydroxylation sites is 1. The third-order valence-electron chi connectivity index (χ3n) is 4.06. The lowest BCUT2D eigenvalue weighted by Gasteiger charge is -2.18. The van der Waals surface area contributed by atoms with E-state index in [9.17, 15) is 14.7 Å². The minimum absolute atomic E-state index is 0.0423. The number of amides is 1. The second-order valence-electron chi connectivity index (χ2n) is 5.97. The van der Waals surface area contributed by atoms with Gasteiger partial charge in [0, 0.05) is 4.88 Å². The zero-order valence-electron chi connectivity index (χ0n) is 14.7. The molecule has 3 aromatic rings. The van der Waals surface area contributed by atoms with Crippen LogP contribution < -0.4 is 5.32 Å². The largest absolute Gasteiger partial charge is 0.507 e. The summed E-state index contributed by atoms with van der Waals surface area (Å²) in [6.07, 6.45) is 0. The molecule has 0 unspecified atom stereocenters. The van der Waals surface area contributed by atoms with Crippen LogP contribution in [0.2, 0.25) is 0 Å². The molecule has 0 aliphatic heterocycles. The van der Waals surface area contributed by atoms with Gasteiger partial charge in [-0.05, 0) is 35.6 Å². The predicted octanol–water partition coefficient (Wildman–Crippen LogP) is 3.82. The molecular weight excluding hydrogens is 362 g/mol. The quantitative estimate of drug-likeness (QED) is 0.637. The fourth-order valence-corrected chi connectivity index (χ4v) is 3.46. The Bertz CT molecular complexity index is 923. The molecule has 2 N–H and O–H groups in total. The molecule has 1 atom stereocenters. The van der Waals surface area contributed by atoms with Gasteiger partial charge in [0.1, 0.15) is 11.3 Å². The van der Waals surface area contributed by atoms with Gasteiger partial charge in [-0.3, -0.25) is 4.79 Å². The number of benzene rings is 2. The van der Waals surface area contributed by atoms with Crippen LogP contribution in [0.5, 0.6) is 5.75 Å². The van der Waals surface area contributed by atoms with Crippen LogP contribution in [0.4, 0.5) is 0 Å². The first-order valence-corrected chi connectivity index (χ1v) is 9.27. The van der Waals surface area contributed by atoms with Crippen LogP contribution in [0.1, 0.15) is 32.4 Å². The maximum atomic E-state index is 12.4. The zero-order valence-corrected chi connectivity index (χ0v) is 15.5. The summed E-state index contributed by atoms with van der Waals surface area (Å²) >= 11 is 1.54. The van der Waals surface area contributed by atoms with Crippen molar-refractivity contribution in [2.24, 2.45) is 0 Å². The number of phenols is 1. The van der Waals surface area contributed by atoms with Crippen molar-refractivity contribution in [3.8, 4) is 5.75 Å². The predicted molar refractivity (Wildman–Crippen MR) is 104 cm³/mol. The Labute approximate surface area is 161 Å². The van der Waals surface area contributed by atoms with Gasteiger partial charge in [0.2, 0.25) is 0 Å². The van der Waals surface area contributed by atoms with Crippen LogP contribution in [0.25, 0.3) is 0 Å². The molecule has 1 amide bonds. The summed E-state index contributed by atoms with van der Waals surface area (Å²) in [6, 6.07) is 17.9. The number of carbonyl (C=O) groups is 2. The van der Waals surface area contributed by atoms with Crippen molar-refractivity contribution >= 4 is 23.2 Å². The number of aromatic hydroxyl groups is 1. The third kappa shape index (κ3) is 4.54. The first-order chi connectivity index (χ1) is 13.1. The van der Waals surface area contributed by atoms with Gasteiger partial charge in [0.15, 0.2) is 6.61 Å². The first kappa shape index (κ1) is 18.7. The summed E-state index contributed by atoms with van der Waals surface area (Å²) < 4.78 is 5.07. The van der Waals surface area contributed by atoms with E-state index in [1.54, 1.807) is 19.1 Å². The van der Waals surface area contributed by atoms with E-state index < -0.39 is 18.5 Å². The van der Waals surface area contributed by atoms with E-state index in [2.05, 4.69) is 5.32 Å². The first-order valence-electron chi connectivity index (χ1n) is 8.39. The summed E-state index contributed by atoms with van der Waals surface area (Å²) in [6.45, 7) is 1.26. The smallest absolute Gasteiger partial charge is 0.342 e. The molecular formula is C21H19NO4S. The molecule has 3 rings (SSSR count). The van der Waals surface area contributed by atoms with Gasteiger partial charge in [-0.15, -0.1) is 11.3 Å². The van der Waals surface area contributed by atoms with Crippen molar-refractivity contribution in [1.82, 2.24) is 5.32 Å². The summed E-state index contributed by atoms with van der Waals surface area (Å²) in [4.78, 5) is 25.5. The molecule has 1 aromatic heterocycles. The second-order valence-corrected chi connectivity index (χ2v) is 6.95. The van der Waals surface area contributed by atoms with E-state index in [1.807, 2.05) is 47.8 Å². The van der Waals surface area contributed by atoms with Crippen molar-refractivity contribution in [3.63, 3.8) is 0 Å². The lowest BCUT2D eigenvalue weighted by molar-refractivity contribution is -0.124. The number of hydrogen-bond acceptors (Lipinski definition) is 5. The number of thiophene rings is 1. The van der Waals surface area contributed by atoms with Crippen LogP contribution in [0.15, 0.2) is 66.0 Å². The minimum atomic E-state index is -0.737. The Morgan fingerprint density at radius 1 is 1.07 bits per heavy atom. The second kappa shape index (κ2) is 8.51. The van der Waals surface area contributed by atoms with Crippen LogP contribution >= 0.6 is 11.3 Å². The molecule has 0 fully saturated rings. The topological polar surface area (TPSA) is 75.6 Å². The number of aryl methyl sites for hydroxylation is 1. The lowest BCUT2D eigenvalue weighted by Crippen LogP contribution is -2.32. The summed E-state index contributed by atoms with van der Waals surface area (Å²) in [5.41, 5.74) is 1.55. The molecule has 0 aliphatic carbocycles. The van der Waals surface area contributed by atoms with E-state index >= 15 is 0 Å². The standard InChI is InChI=1S/C21H19NO4S/c1-14-7-5-10-16(20(14)24)21(25)26-13-18(23)22-19(17-11-6-12-27-17)15-8-3-2-4-9-15/h2-12,19,24H,13H2,1H3,(H,22,23)/t19-/m1/s1. The number of rotatable bonds is 6. The number of nitrogens with one attached hydrogen (secondary N) is 1. The van der Waals surface area contributed by atoms with Gasteiger partial charge >= 0.3 is 5.97 Å². The molecule has 138 valence electrons. The fraction of sp³-hybridized carbons (Fsp3) is 0.143. The highest BCUT2D eigenvalue weighted by atomic mass is 32.1. The van der Waals surface area contributed by atoms with E-state index in [0.29, 0.717) is 5.56 Å². The normalized spacial score (nSPS) is 11.6. The molecule has 0 spiro atoms. The van der Waals surface area contributed by atoms with Crippen molar-refractivity contribution in [3.05, 3.63) is 87.6 Å². The SMILES string of the molecule is Cc1cccc(C(=O)OCC(=O)N[C@H](c2ccccc2)c2cccs2)c1O. The Kier molecular flexibility index (Phi) is 5.88. The molecule has 0 saturated heterocycles. The fourth-order valence-electron chi connectivity index (χ4n) is 2.65. The maximum Gasteiger partial charge on any atom is 0.342 e. The molecule has 0 aliphatic rings. The zero-order chi connectivity index (χ0) is 19.2. The Morgan fingerprint density at radius 2 is 1.85 bits per heavy atom. The molecule has 1 heterocycles. The Hall–Kier alpha value is -3.12. The van der Waals surface area contributed by atoms with E-state index in [0.717, 1.165) is 10.4 Å². The van der Waals surface area contributed by atoms with Gasteiger partial charge in [-0.2, -0.15) is 0 Å². The third-order valence-corrected chi connectivity index (χ3v) is 5.00. The molecule has 5 nitrogen and oxygen atoms in total. The van der Waals surface area contributed by atoms with E-state index in [4.69, 9.17) is 4.74 Å². The average molecular weight is 381 g/mol. The minimum Gasteiger partial charge on any atom is -0.507 e. The van der Waals surface area contributed by atoms with Crippen LogP contribution in [-0.4, -0.2) is 23.6 Å². The van der Waals surface area contributed by atoms with Crippen LogP contribution in [-0.2, 0) is 9.53 Å². The van der Waals surface area contributed by atoms with Gasteiger partial charge < -0.3 is 15.2 Å². The van der Waals surface area contributed by atoms with Crippen molar-refractivity contribution < 1.29 is 19.4 Å². The number of hydrogen-bond donors (Lipinski definition) is 2. The monoisotopic (exact) mass is 381 g/mol. The van der Waals surface area contributed by atoms with Gasteiger partial charge in [0.25, 0.3) is 5.91 Å². The Balaban J connectivity index is 1.66. The van der Waals surface area contributed by atoms with E-state index in [1.165, 1.54) is 17.4 Å². The van der Waals surface area contributed by atoms with E-state index in [-0.39, 0.29) is 17.4 Å². The molecule has 2 aromatic carbocycles. The van der Waals surface area contributed by atoms with Crippen molar-refractivity contribution in [1.29, 1.82) is 0 Å². The van der Waals surface area contributed by atoms with Crippen molar-refractivity contribution in [2.75, 3.05) is 6.61 Å². The molecule has 27 heavy (non-hydrogen) atoms. The van der Waals surface area contributed by atoms with Crippen LogP contribution in [0.3, 0.4) is 0 Å². The molecule has 6 heteroatoms. The maximum absolute atomic E-state index is 12.4. The number of ether oxygens (including phenoxy) is 1. The molecule has 0 saturated carbocycles. The Morgan fingerprint density at radius 3 is 2.56 bits per heavy atom. The van der Waals surface area contributed by atoms with Crippen LogP contribution in [0, 0.1) is 6.92 Å². The summed E-state index contributed by atoms with van der Waals surface area (Å²) in [5, 5.41) is 14.8. The number of phenolic OH excluding ortho intramolecular Hbond substituents is 1. The van der Waals surface area contributed by atoms with Gasteiger partial charge in [-0.1, -0.05) is 48.5 Å². The molecule has 0 radical (unpaired) electrons. The number of esters is 1. The average Bonchev–Trinajstić information content (AvgIpc) is 3.21. The summed E-state index contributed by atoms with van der Waals surface area (Å²) in [7, 11) is 0. The highest BCUT2D eigenvalue weighted by molar-refractivity contribution is 7.10. The highest BCUT2D eigenvalue weighted by Gasteiger charge is 2.20. The number of carbonyl (C=O) groups excluding carboxylic acids is 2. The summed E-state index contributed by atoms with van der Waals surface area (Å²) in [5.74, 6) is -1.29. The lowest BCUT2D eigenvalue weighted by atomic mass is 10.1.